The number of anilines is 1. The van der Waals surface area contributed by atoms with Crippen LogP contribution >= 0.6 is 0 Å². The first kappa shape index (κ1) is 20.2. The largest absolute Gasteiger partial charge is 0.403 e. The van der Waals surface area contributed by atoms with Gasteiger partial charge in [-0.3, -0.25) is 15.1 Å². The molecule has 0 saturated carbocycles. The number of amides is 1. The molecule has 10 heteroatoms. The Morgan fingerprint density at radius 3 is 2.40 bits per heavy atom. The van der Waals surface area contributed by atoms with Crippen molar-refractivity contribution in [3.63, 3.8) is 0 Å². The second-order valence-corrected chi connectivity index (χ2v) is 8.89. The van der Waals surface area contributed by atoms with E-state index in [0.717, 1.165) is 25.7 Å². The van der Waals surface area contributed by atoms with Gasteiger partial charge in [0, 0.05) is 31.0 Å². The van der Waals surface area contributed by atoms with Crippen molar-refractivity contribution in [1.82, 2.24) is 19.5 Å². The van der Waals surface area contributed by atoms with E-state index < -0.39 is 15.9 Å². The molecule has 2 aromatic heterocycles. The van der Waals surface area contributed by atoms with E-state index in [-0.39, 0.29) is 22.4 Å². The molecule has 30 heavy (non-hydrogen) atoms. The first-order chi connectivity index (χ1) is 14.5. The highest BCUT2D eigenvalue weighted by Crippen LogP contribution is 2.22. The van der Waals surface area contributed by atoms with Crippen molar-refractivity contribution in [3.8, 4) is 11.5 Å². The Hall–Kier alpha value is -3.11. The van der Waals surface area contributed by atoms with E-state index in [0.29, 0.717) is 18.7 Å². The summed E-state index contributed by atoms with van der Waals surface area (Å²) in [6.45, 7) is 1.06. The van der Waals surface area contributed by atoms with Crippen LogP contribution in [0.2, 0.25) is 0 Å². The fourth-order valence-corrected chi connectivity index (χ4v) is 4.78. The van der Waals surface area contributed by atoms with E-state index in [1.54, 1.807) is 24.5 Å². The average molecular weight is 427 g/mol. The van der Waals surface area contributed by atoms with Crippen LogP contribution in [0.25, 0.3) is 11.5 Å². The van der Waals surface area contributed by atoms with Crippen LogP contribution in [0, 0.1) is 0 Å². The van der Waals surface area contributed by atoms with Crippen molar-refractivity contribution in [1.29, 1.82) is 0 Å². The Morgan fingerprint density at radius 2 is 1.73 bits per heavy atom. The Labute approximate surface area is 174 Å². The van der Waals surface area contributed by atoms with Gasteiger partial charge in [0.15, 0.2) is 0 Å². The number of hydrogen-bond acceptors (Lipinski definition) is 7. The van der Waals surface area contributed by atoms with Gasteiger partial charge >= 0.3 is 6.01 Å². The third-order valence-electron chi connectivity index (χ3n) is 4.87. The number of carbonyl (C=O) groups is 1. The van der Waals surface area contributed by atoms with Gasteiger partial charge in [-0.15, -0.1) is 5.10 Å². The quantitative estimate of drug-likeness (QED) is 0.665. The molecule has 1 fully saturated rings. The molecule has 0 radical (unpaired) electrons. The summed E-state index contributed by atoms with van der Waals surface area (Å²) in [5.74, 6) is -0.243. The standard InChI is InChI=1S/C20H21N5O4S/c26-18(22-20-24-23-19(29-20)16-6-5-11-21-14-16)15-7-9-17(10-8-15)30(27,28)25-12-3-1-2-4-13-25/h5-11,14H,1-4,12-13H2,(H,22,24,26). The van der Waals surface area contributed by atoms with Crippen molar-refractivity contribution in [2.45, 2.75) is 30.6 Å². The molecule has 0 atom stereocenters. The third-order valence-corrected chi connectivity index (χ3v) is 6.79. The summed E-state index contributed by atoms with van der Waals surface area (Å²) in [4.78, 5) is 16.6. The van der Waals surface area contributed by atoms with E-state index in [9.17, 15) is 13.2 Å². The highest BCUT2D eigenvalue weighted by molar-refractivity contribution is 7.89. The van der Waals surface area contributed by atoms with Crippen LogP contribution in [0.3, 0.4) is 0 Å². The molecule has 1 amide bonds. The van der Waals surface area contributed by atoms with Gasteiger partial charge in [0.25, 0.3) is 11.8 Å². The number of hydrogen-bond donors (Lipinski definition) is 1. The van der Waals surface area contributed by atoms with Gasteiger partial charge in [-0.2, -0.15) is 4.31 Å². The molecule has 1 aliphatic rings. The zero-order valence-electron chi connectivity index (χ0n) is 16.2. The van der Waals surface area contributed by atoms with Gasteiger partial charge in [-0.1, -0.05) is 17.9 Å². The minimum absolute atomic E-state index is 0.0554. The van der Waals surface area contributed by atoms with Gasteiger partial charge in [0.1, 0.15) is 0 Å². The fraction of sp³-hybridized carbons (Fsp3) is 0.300. The number of rotatable bonds is 5. The SMILES string of the molecule is O=C(Nc1nnc(-c2cccnc2)o1)c1ccc(S(=O)(=O)N2CCCCCC2)cc1. The number of aromatic nitrogens is 3. The lowest BCUT2D eigenvalue weighted by atomic mass is 10.2. The summed E-state index contributed by atoms with van der Waals surface area (Å²) in [6, 6.07) is 9.28. The summed E-state index contributed by atoms with van der Waals surface area (Å²) >= 11 is 0. The summed E-state index contributed by atoms with van der Waals surface area (Å²) in [5, 5.41) is 10.2. The van der Waals surface area contributed by atoms with Crippen LogP contribution in [-0.4, -0.2) is 46.9 Å². The maximum atomic E-state index is 12.8. The van der Waals surface area contributed by atoms with E-state index >= 15 is 0 Å². The molecule has 0 unspecified atom stereocenters. The smallest absolute Gasteiger partial charge is 0.322 e. The van der Waals surface area contributed by atoms with Crippen LogP contribution in [-0.2, 0) is 10.0 Å². The Balaban J connectivity index is 1.45. The predicted molar refractivity (Wildman–Crippen MR) is 109 cm³/mol. The first-order valence-corrected chi connectivity index (χ1v) is 11.1. The number of sulfonamides is 1. The van der Waals surface area contributed by atoms with Crippen LogP contribution < -0.4 is 5.32 Å². The molecule has 3 aromatic rings. The predicted octanol–water partition coefficient (Wildman–Crippen LogP) is 2.95. The molecule has 3 heterocycles. The second kappa shape index (κ2) is 8.72. The number of nitrogens with one attached hydrogen (secondary N) is 1. The van der Waals surface area contributed by atoms with Crippen LogP contribution in [0.1, 0.15) is 36.0 Å². The zero-order valence-corrected chi connectivity index (χ0v) is 17.0. The topological polar surface area (TPSA) is 118 Å². The summed E-state index contributed by atoms with van der Waals surface area (Å²) < 4.78 is 32.6. The summed E-state index contributed by atoms with van der Waals surface area (Å²) in [7, 11) is -3.56. The first-order valence-electron chi connectivity index (χ1n) is 9.69. The highest BCUT2D eigenvalue weighted by atomic mass is 32.2. The van der Waals surface area contributed by atoms with E-state index in [1.165, 1.54) is 28.6 Å². The average Bonchev–Trinajstić information content (AvgIpc) is 3.05. The number of carbonyl (C=O) groups excluding carboxylic acids is 1. The monoisotopic (exact) mass is 427 g/mol. The Bertz CT molecular complexity index is 1110. The minimum Gasteiger partial charge on any atom is -0.403 e. The van der Waals surface area contributed by atoms with Gasteiger partial charge in [0.05, 0.1) is 10.5 Å². The Kier molecular flexibility index (Phi) is 5.86. The normalized spacial score (nSPS) is 15.5. The van der Waals surface area contributed by atoms with Crippen LogP contribution in [0.4, 0.5) is 6.01 Å². The lowest BCUT2D eigenvalue weighted by molar-refractivity contribution is 0.102. The van der Waals surface area contributed by atoms with E-state index in [4.69, 9.17) is 4.42 Å². The van der Waals surface area contributed by atoms with Gasteiger partial charge in [-0.05, 0) is 49.2 Å². The van der Waals surface area contributed by atoms with E-state index in [1.807, 2.05) is 0 Å². The minimum atomic E-state index is -3.56. The molecule has 4 rings (SSSR count). The fourth-order valence-electron chi connectivity index (χ4n) is 3.26. The molecule has 0 aliphatic carbocycles. The highest BCUT2D eigenvalue weighted by Gasteiger charge is 2.25. The van der Waals surface area contributed by atoms with Gasteiger partial charge in [-0.25, -0.2) is 8.42 Å². The van der Waals surface area contributed by atoms with Crippen LogP contribution in [0.15, 0.2) is 58.1 Å². The van der Waals surface area contributed by atoms with E-state index in [2.05, 4.69) is 20.5 Å². The lowest BCUT2D eigenvalue weighted by Gasteiger charge is -2.19. The van der Waals surface area contributed by atoms with Crippen molar-refractivity contribution in [2.75, 3.05) is 18.4 Å². The molecule has 1 aliphatic heterocycles. The maximum absolute atomic E-state index is 12.8. The number of pyridine rings is 1. The van der Waals surface area contributed by atoms with Crippen molar-refractivity contribution < 1.29 is 17.6 Å². The van der Waals surface area contributed by atoms with Crippen LogP contribution in [0.5, 0.6) is 0 Å². The molecular formula is C20H21N5O4S. The van der Waals surface area contributed by atoms with Crippen molar-refractivity contribution >= 4 is 21.9 Å². The third kappa shape index (κ3) is 4.39. The molecule has 9 nitrogen and oxygen atoms in total. The zero-order chi connectivity index (χ0) is 21.0. The van der Waals surface area contributed by atoms with Gasteiger partial charge < -0.3 is 4.42 Å². The molecular weight excluding hydrogens is 406 g/mol. The summed E-state index contributed by atoms with van der Waals surface area (Å²) in [6.07, 6.45) is 7.02. The molecule has 0 spiro atoms. The molecule has 1 N–H and O–H groups in total. The molecule has 1 aromatic carbocycles. The summed E-state index contributed by atoms with van der Waals surface area (Å²) in [5.41, 5.74) is 0.916. The van der Waals surface area contributed by atoms with Gasteiger partial charge in [0.2, 0.25) is 10.0 Å². The number of nitrogens with zero attached hydrogens (tertiary/aromatic N) is 4. The lowest BCUT2D eigenvalue weighted by Crippen LogP contribution is -2.31. The second-order valence-electron chi connectivity index (χ2n) is 6.95. The molecule has 156 valence electrons. The molecule has 1 saturated heterocycles. The van der Waals surface area contributed by atoms with Crippen molar-refractivity contribution in [2.24, 2.45) is 0 Å². The molecule has 0 bridgehead atoms. The Morgan fingerprint density at radius 1 is 1.00 bits per heavy atom. The van der Waals surface area contributed by atoms with Crippen molar-refractivity contribution in [3.05, 3.63) is 54.4 Å². The maximum Gasteiger partial charge on any atom is 0.322 e. The number of benzene rings is 1.